The van der Waals surface area contributed by atoms with Gasteiger partial charge in [-0.2, -0.15) is 18.3 Å². The van der Waals surface area contributed by atoms with Gasteiger partial charge in [-0.05, 0) is 56.3 Å². The van der Waals surface area contributed by atoms with Gasteiger partial charge >= 0.3 is 6.18 Å². The van der Waals surface area contributed by atoms with Crippen molar-refractivity contribution in [1.29, 1.82) is 0 Å². The van der Waals surface area contributed by atoms with Crippen LogP contribution < -0.4 is 16.4 Å². The van der Waals surface area contributed by atoms with Crippen LogP contribution in [0, 0.1) is 5.92 Å². The zero-order valence-electron chi connectivity index (χ0n) is 25.8. The Kier molecular flexibility index (Phi) is 9.11. The number of piperidine rings is 1. The number of aromatic nitrogens is 5. The summed E-state index contributed by atoms with van der Waals surface area (Å²) in [5.41, 5.74) is 5.02. The number of pyridine rings is 1. The van der Waals surface area contributed by atoms with Gasteiger partial charge in [-0.1, -0.05) is 11.6 Å². The van der Waals surface area contributed by atoms with E-state index >= 15 is 0 Å². The molecule has 3 aromatic heterocycles. The molecular weight excluding hydrogens is 653 g/mol. The summed E-state index contributed by atoms with van der Waals surface area (Å²) in [6, 6.07) is 7.33. The topological polar surface area (TPSA) is 167 Å². The fourth-order valence-electron chi connectivity index (χ4n) is 5.96. The molecule has 3 amide bonds. The van der Waals surface area contributed by atoms with E-state index in [0.717, 1.165) is 32.1 Å². The van der Waals surface area contributed by atoms with Gasteiger partial charge in [0.05, 0.1) is 45.6 Å². The van der Waals surface area contributed by atoms with Crippen LogP contribution in [0.2, 0.25) is 5.02 Å². The van der Waals surface area contributed by atoms with Crippen LogP contribution in [0.25, 0.3) is 22.6 Å². The van der Waals surface area contributed by atoms with Crippen molar-refractivity contribution in [2.24, 2.45) is 13.0 Å². The number of anilines is 2. The summed E-state index contributed by atoms with van der Waals surface area (Å²) in [6.07, 6.45) is -0.736. The van der Waals surface area contributed by atoms with Gasteiger partial charge in [0.1, 0.15) is 11.4 Å². The molecule has 13 nitrogen and oxygen atoms in total. The first-order chi connectivity index (χ1) is 22.9. The summed E-state index contributed by atoms with van der Waals surface area (Å²) in [7, 11) is 1.40. The minimum Gasteiger partial charge on any atom is -0.397 e. The molecule has 6 rings (SSSR count). The largest absolute Gasteiger partial charge is 0.433 e. The number of benzene rings is 1. The van der Waals surface area contributed by atoms with Crippen molar-refractivity contribution < 1.29 is 27.6 Å². The van der Waals surface area contributed by atoms with Gasteiger partial charge < -0.3 is 30.7 Å². The lowest BCUT2D eigenvalue weighted by Crippen LogP contribution is -2.52. The van der Waals surface area contributed by atoms with Crippen LogP contribution in [0.3, 0.4) is 0 Å². The van der Waals surface area contributed by atoms with Crippen molar-refractivity contribution in [2.75, 3.05) is 50.3 Å². The molecule has 0 radical (unpaired) electrons. The number of carbonyl (C=O) groups excluding carboxylic acids is 3. The lowest BCUT2D eigenvalue weighted by Gasteiger charge is -2.37. The minimum absolute atomic E-state index is 0.00965. The number of carbonyl (C=O) groups is 3. The van der Waals surface area contributed by atoms with E-state index in [1.165, 1.54) is 48.1 Å². The third kappa shape index (κ3) is 6.57. The fraction of sp³-hybridized carbons (Fsp3) is 0.355. The van der Waals surface area contributed by atoms with Crippen LogP contribution >= 0.6 is 11.6 Å². The summed E-state index contributed by atoms with van der Waals surface area (Å²) in [5, 5.41) is 11.9. The maximum atomic E-state index is 14.0. The lowest BCUT2D eigenvalue weighted by atomic mass is 9.96. The Morgan fingerprint density at radius 3 is 2.35 bits per heavy atom. The second-order valence-electron chi connectivity index (χ2n) is 11.6. The number of alkyl halides is 3. The molecule has 252 valence electrons. The summed E-state index contributed by atoms with van der Waals surface area (Å²) < 4.78 is 43.2. The summed E-state index contributed by atoms with van der Waals surface area (Å²) >= 11 is 6.48. The first-order valence-corrected chi connectivity index (χ1v) is 15.6. The molecule has 2 aliphatic rings. The molecule has 48 heavy (non-hydrogen) atoms. The number of nitrogens with two attached hydrogens (primary N) is 1. The van der Waals surface area contributed by atoms with Crippen LogP contribution in [-0.2, 0) is 18.0 Å². The number of piperazine rings is 1. The number of amides is 3. The maximum absolute atomic E-state index is 14.0. The van der Waals surface area contributed by atoms with E-state index in [1.54, 1.807) is 4.90 Å². The van der Waals surface area contributed by atoms with Gasteiger partial charge in [-0.3, -0.25) is 24.5 Å². The van der Waals surface area contributed by atoms with Crippen LogP contribution in [0.15, 0.2) is 42.7 Å². The van der Waals surface area contributed by atoms with Crippen molar-refractivity contribution in [3.63, 3.8) is 0 Å². The molecule has 0 bridgehead atoms. The van der Waals surface area contributed by atoms with Gasteiger partial charge in [0, 0.05) is 44.8 Å². The summed E-state index contributed by atoms with van der Waals surface area (Å²) in [5.74, 6) is -1.07. The number of aromatic amines is 1. The van der Waals surface area contributed by atoms with Gasteiger partial charge in [-0.15, -0.1) is 0 Å². The van der Waals surface area contributed by atoms with Crippen molar-refractivity contribution in [3.05, 3.63) is 64.8 Å². The lowest BCUT2D eigenvalue weighted by molar-refractivity contribution is -0.140. The highest BCUT2D eigenvalue weighted by Gasteiger charge is 2.39. The predicted molar refractivity (Wildman–Crippen MR) is 171 cm³/mol. The number of nitrogens with zero attached hydrogens (tertiary/aromatic N) is 6. The van der Waals surface area contributed by atoms with Crippen molar-refractivity contribution in [1.82, 2.24) is 39.8 Å². The molecule has 17 heteroatoms. The molecule has 1 aromatic carbocycles. The van der Waals surface area contributed by atoms with E-state index in [1.807, 2.05) is 10.00 Å². The van der Waals surface area contributed by atoms with Gasteiger partial charge in [0.15, 0.2) is 5.82 Å². The Hall–Kier alpha value is -4.96. The second-order valence-corrected chi connectivity index (χ2v) is 12.0. The number of halogens is 4. The van der Waals surface area contributed by atoms with E-state index in [-0.39, 0.29) is 62.5 Å². The summed E-state index contributed by atoms with van der Waals surface area (Å²) in [4.78, 5) is 51.1. The average Bonchev–Trinajstić information content (AvgIpc) is 3.69. The first kappa shape index (κ1) is 33.0. The van der Waals surface area contributed by atoms with E-state index in [0.29, 0.717) is 31.9 Å². The maximum Gasteiger partial charge on any atom is 0.433 e. The number of hydrogen-bond acceptors (Lipinski definition) is 8. The Morgan fingerprint density at radius 1 is 1.00 bits per heavy atom. The highest BCUT2D eigenvalue weighted by atomic mass is 35.5. The normalized spacial score (nSPS) is 15.9. The third-order valence-electron chi connectivity index (χ3n) is 8.55. The smallest absolute Gasteiger partial charge is 0.397 e. The number of imidazole rings is 1. The van der Waals surface area contributed by atoms with Gasteiger partial charge in [0.2, 0.25) is 5.91 Å². The van der Waals surface area contributed by atoms with Gasteiger partial charge in [-0.25, -0.2) is 4.98 Å². The molecule has 4 aromatic rings. The first-order valence-electron chi connectivity index (χ1n) is 15.2. The van der Waals surface area contributed by atoms with Crippen LogP contribution in [0.5, 0.6) is 0 Å². The van der Waals surface area contributed by atoms with Crippen molar-refractivity contribution >= 4 is 40.7 Å². The Morgan fingerprint density at radius 2 is 1.71 bits per heavy atom. The molecular formula is C31H32ClF3N10O3. The third-order valence-corrected chi connectivity index (χ3v) is 8.86. The quantitative estimate of drug-likeness (QED) is 0.239. The molecule has 2 fully saturated rings. The van der Waals surface area contributed by atoms with Crippen molar-refractivity contribution in [2.45, 2.75) is 19.0 Å². The van der Waals surface area contributed by atoms with Crippen molar-refractivity contribution in [3.8, 4) is 22.6 Å². The Bertz CT molecular complexity index is 1840. The highest BCUT2D eigenvalue weighted by Crippen LogP contribution is 2.41. The second kappa shape index (κ2) is 13.3. The average molecular weight is 685 g/mol. The van der Waals surface area contributed by atoms with E-state index in [9.17, 15) is 27.6 Å². The Labute approximate surface area is 277 Å². The van der Waals surface area contributed by atoms with E-state index in [4.69, 9.17) is 17.3 Å². The zero-order valence-corrected chi connectivity index (χ0v) is 26.5. The number of nitrogens with one attached hydrogen (secondary N) is 3. The predicted octanol–water partition coefficient (Wildman–Crippen LogP) is 3.66. The molecule has 0 saturated carbocycles. The SMILES string of the molecule is Cn1c(-c2c(-c3ccc(N)cn3)n[nH]c2C(F)(F)F)cnc1C(=O)Nc1ccc(C(=O)N2CCN(C(=O)C3CCNCC3)CC2)c(Cl)c1. The molecule has 5 N–H and O–H groups in total. The van der Waals surface area contributed by atoms with E-state index < -0.39 is 17.8 Å². The standard InChI is InChI=1S/C31H32ClF3N10O3/c1-43-23(24-25(22-5-2-18(36)15-38-22)41-42-26(24)31(33,34)35)16-39-27(43)28(46)40-19-3-4-20(21(32)14-19)30(48)45-12-10-44(11-13-45)29(47)17-6-8-37-9-7-17/h2-5,14-17,37H,6-13,36H2,1H3,(H,40,46)(H,41,42). The molecule has 0 atom stereocenters. The Balaban J connectivity index is 1.15. The monoisotopic (exact) mass is 684 g/mol. The fourth-order valence-corrected chi connectivity index (χ4v) is 6.22. The molecule has 0 spiro atoms. The molecule has 0 aliphatic carbocycles. The van der Waals surface area contributed by atoms with Crippen LogP contribution in [0.4, 0.5) is 24.5 Å². The molecule has 2 aliphatic heterocycles. The number of nitrogen functional groups attached to an aromatic ring is 1. The van der Waals surface area contributed by atoms with E-state index in [2.05, 4.69) is 25.7 Å². The zero-order chi connectivity index (χ0) is 34.2. The number of hydrogen-bond donors (Lipinski definition) is 4. The summed E-state index contributed by atoms with van der Waals surface area (Å²) in [6.45, 7) is 3.26. The molecule has 2 saturated heterocycles. The molecule has 0 unspecified atom stereocenters. The highest BCUT2D eigenvalue weighted by molar-refractivity contribution is 6.34. The van der Waals surface area contributed by atoms with Crippen LogP contribution in [0.1, 0.15) is 39.5 Å². The van der Waals surface area contributed by atoms with Gasteiger partial charge in [0.25, 0.3) is 11.8 Å². The van der Waals surface area contributed by atoms with Crippen LogP contribution in [-0.4, -0.2) is 91.5 Å². The number of rotatable bonds is 6. The minimum atomic E-state index is -4.80. The molecule has 5 heterocycles. The number of H-pyrrole nitrogens is 1.